The number of aryl methyl sites for hydroxylation is 1. The molecule has 1 N–H and O–H groups in total. The first-order valence-electron chi connectivity index (χ1n) is 5.85. The second kappa shape index (κ2) is 6.06. The molecule has 0 saturated carbocycles. The third-order valence-corrected chi connectivity index (χ3v) is 3.72. The highest BCUT2D eigenvalue weighted by Gasteiger charge is 2.18. The van der Waals surface area contributed by atoms with Crippen LogP contribution in [0.3, 0.4) is 0 Å². The van der Waals surface area contributed by atoms with Crippen molar-refractivity contribution in [2.45, 2.75) is 20.0 Å². The Morgan fingerprint density at radius 1 is 1.25 bits per heavy atom. The molecule has 1 heterocycles. The molecule has 0 spiro atoms. The van der Waals surface area contributed by atoms with E-state index in [2.05, 4.69) is 5.32 Å². The number of nitrogens with one attached hydrogen (secondary N) is 1. The van der Waals surface area contributed by atoms with Crippen LogP contribution in [0.1, 0.15) is 15.3 Å². The Bertz CT molecular complexity index is 643. The minimum absolute atomic E-state index is 0.0754. The van der Waals surface area contributed by atoms with Gasteiger partial charge in [-0.2, -0.15) is 4.39 Å². The van der Waals surface area contributed by atoms with Gasteiger partial charge in [-0.25, -0.2) is 4.39 Å². The summed E-state index contributed by atoms with van der Waals surface area (Å²) in [7, 11) is 0. The molecular formula is C13H12F2N2O2S. The van der Waals surface area contributed by atoms with Crippen LogP contribution >= 0.6 is 11.3 Å². The zero-order valence-corrected chi connectivity index (χ0v) is 11.5. The smallest absolute Gasteiger partial charge is 0.305 e. The van der Waals surface area contributed by atoms with Crippen LogP contribution in [0.5, 0.6) is 0 Å². The third kappa shape index (κ3) is 3.37. The van der Waals surface area contributed by atoms with Crippen LogP contribution in [0, 0.1) is 28.7 Å². The van der Waals surface area contributed by atoms with Crippen molar-refractivity contribution in [3.8, 4) is 0 Å². The molecule has 4 nitrogen and oxygen atoms in total. The third-order valence-electron chi connectivity index (χ3n) is 2.72. The van der Waals surface area contributed by atoms with Crippen LogP contribution in [-0.2, 0) is 13.1 Å². The Labute approximate surface area is 118 Å². The SMILES string of the molecule is Cc1ccc(CNCc2cc([N+](=O)[O-])c(F)cc2F)s1. The van der Waals surface area contributed by atoms with Gasteiger partial charge in [-0.3, -0.25) is 10.1 Å². The highest BCUT2D eigenvalue weighted by Crippen LogP contribution is 2.21. The molecule has 0 aliphatic carbocycles. The lowest BCUT2D eigenvalue weighted by Gasteiger charge is -2.05. The molecule has 0 aliphatic rings. The molecule has 0 unspecified atom stereocenters. The van der Waals surface area contributed by atoms with E-state index in [1.165, 1.54) is 4.88 Å². The van der Waals surface area contributed by atoms with E-state index < -0.39 is 22.2 Å². The highest BCUT2D eigenvalue weighted by atomic mass is 32.1. The van der Waals surface area contributed by atoms with Gasteiger partial charge in [0.15, 0.2) is 0 Å². The maximum absolute atomic E-state index is 13.5. The Balaban J connectivity index is 2.05. The lowest BCUT2D eigenvalue weighted by molar-refractivity contribution is -0.387. The number of benzene rings is 1. The average Bonchev–Trinajstić information content (AvgIpc) is 2.77. The van der Waals surface area contributed by atoms with Crippen LogP contribution < -0.4 is 5.32 Å². The number of halogens is 2. The Kier molecular flexibility index (Phi) is 4.41. The van der Waals surface area contributed by atoms with E-state index in [4.69, 9.17) is 0 Å². The monoisotopic (exact) mass is 298 g/mol. The van der Waals surface area contributed by atoms with Crippen molar-refractivity contribution in [2.75, 3.05) is 0 Å². The molecule has 0 atom stereocenters. The van der Waals surface area contributed by atoms with Crippen molar-refractivity contribution in [2.24, 2.45) is 0 Å². The molecule has 106 valence electrons. The summed E-state index contributed by atoms with van der Waals surface area (Å²) in [6.45, 7) is 2.62. The standard InChI is InChI=1S/C13H12F2N2O2S/c1-8-2-3-10(20-8)7-16-6-9-4-13(17(18)19)12(15)5-11(9)14/h2-5,16H,6-7H2,1H3. The first kappa shape index (κ1) is 14.5. The van der Waals surface area contributed by atoms with Crippen LogP contribution in [-0.4, -0.2) is 4.92 Å². The molecule has 0 radical (unpaired) electrons. The van der Waals surface area contributed by atoms with Crippen LogP contribution in [0.25, 0.3) is 0 Å². The molecular weight excluding hydrogens is 286 g/mol. The van der Waals surface area contributed by atoms with Gasteiger partial charge < -0.3 is 5.32 Å². The van der Waals surface area contributed by atoms with Gasteiger partial charge in [-0.1, -0.05) is 0 Å². The van der Waals surface area contributed by atoms with Gasteiger partial charge in [0.05, 0.1) is 4.92 Å². The van der Waals surface area contributed by atoms with Crippen molar-refractivity contribution in [3.63, 3.8) is 0 Å². The zero-order chi connectivity index (χ0) is 14.7. The van der Waals surface area contributed by atoms with Gasteiger partial charge >= 0.3 is 5.69 Å². The molecule has 0 amide bonds. The molecule has 1 aromatic heterocycles. The summed E-state index contributed by atoms with van der Waals surface area (Å²) in [4.78, 5) is 12.0. The summed E-state index contributed by atoms with van der Waals surface area (Å²) in [5.41, 5.74) is -0.637. The quantitative estimate of drug-likeness (QED) is 0.678. The zero-order valence-electron chi connectivity index (χ0n) is 10.7. The number of rotatable bonds is 5. The number of nitrogens with zero attached hydrogens (tertiary/aromatic N) is 1. The fourth-order valence-corrected chi connectivity index (χ4v) is 2.62. The van der Waals surface area contributed by atoms with Crippen molar-refractivity contribution in [1.29, 1.82) is 0 Å². The molecule has 0 bridgehead atoms. The van der Waals surface area contributed by atoms with Gasteiger partial charge in [0.25, 0.3) is 0 Å². The maximum Gasteiger partial charge on any atom is 0.305 e. The van der Waals surface area contributed by atoms with E-state index in [-0.39, 0.29) is 12.1 Å². The van der Waals surface area contributed by atoms with Crippen LogP contribution in [0.2, 0.25) is 0 Å². The van der Waals surface area contributed by atoms with Gasteiger partial charge in [-0.15, -0.1) is 11.3 Å². The van der Waals surface area contributed by atoms with E-state index >= 15 is 0 Å². The highest BCUT2D eigenvalue weighted by molar-refractivity contribution is 7.11. The molecule has 0 aliphatic heterocycles. The molecule has 0 saturated heterocycles. The second-order valence-electron chi connectivity index (χ2n) is 4.27. The normalized spacial score (nSPS) is 10.8. The predicted molar refractivity (Wildman–Crippen MR) is 72.6 cm³/mol. The Morgan fingerprint density at radius 2 is 2.00 bits per heavy atom. The Hall–Kier alpha value is -1.86. The topological polar surface area (TPSA) is 55.2 Å². The summed E-state index contributed by atoms with van der Waals surface area (Å²) in [5.74, 6) is -1.95. The molecule has 0 fully saturated rings. The van der Waals surface area contributed by atoms with E-state index in [0.29, 0.717) is 12.6 Å². The fourth-order valence-electron chi connectivity index (χ4n) is 1.76. The second-order valence-corrected chi connectivity index (χ2v) is 5.64. The molecule has 20 heavy (non-hydrogen) atoms. The lowest BCUT2D eigenvalue weighted by atomic mass is 10.1. The minimum Gasteiger partial charge on any atom is -0.308 e. The van der Waals surface area contributed by atoms with Crippen LogP contribution in [0.15, 0.2) is 24.3 Å². The van der Waals surface area contributed by atoms with Gasteiger partial charge in [-0.05, 0) is 19.1 Å². The predicted octanol–water partition coefficient (Wildman–Crippen LogP) is 3.53. The summed E-state index contributed by atoms with van der Waals surface area (Å²) in [6.07, 6.45) is 0. The van der Waals surface area contributed by atoms with Crippen molar-refractivity contribution < 1.29 is 13.7 Å². The molecule has 7 heteroatoms. The number of thiophene rings is 1. The fraction of sp³-hybridized carbons (Fsp3) is 0.231. The number of nitro groups is 1. The molecule has 1 aromatic carbocycles. The maximum atomic E-state index is 13.5. The first-order chi connectivity index (χ1) is 9.47. The van der Waals surface area contributed by atoms with Gasteiger partial charge in [0.2, 0.25) is 5.82 Å². The first-order valence-corrected chi connectivity index (χ1v) is 6.67. The largest absolute Gasteiger partial charge is 0.308 e. The van der Waals surface area contributed by atoms with Gasteiger partial charge in [0.1, 0.15) is 5.82 Å². The average molecular weight is 298 g/mol. The van der Waals surface area contributed by atoms with Crippen molar-refractivity contribution >= 4 is 17.0 Å². The molecule has 2 rings (SSSR count). The van der Waals surface area contributed by atoms with Crippen LogP contribution in [0.4, 0.5) is 14.5 Å². The number of nitro benzene ring substituents is 1. The number of hydrogen-bond acceptors (Lipinski definition) is 4. The summed E-state index contributed by atoms with van der Waals surface area (Å²) in [6, 6.07) is 5.41. The Morgan fingerprint density at radius 3 is 2.60 bits per heavy atom. The van der Waals surface area contributed by atoms with E-state index in [0.717, 1.165) is 10.9 Å². The summed E-state index contributed by atoms with van der Waals surface area (Å²) in [5, 5.41) is 13.6. The summed E-state index contributed by atoms with van der Waals surface area (Å²) < 4.78 is 26.7. The number of hydrogen-bond donors (Lipinski definition) is 1. The van der Waals surface area contributed by atoms with Crippen molar-refractivity contribution in [1.82, 2.24) is 5.32 Å². The lowest BCUT2D eigenvalue weighted by Crippen LogP contribution is -2.13. The molecule has 2 aromatic rings. The summed E-state index contributed by atoms with van der Waals surface area (Å²) >= 11 is 1.61. The van der Waals surface area contributed by atoms with E-state index in [1.54, 1.807) is 11.3 Å². The van der Waals surface area contributed by atoms with E-state index in [9.17, 15) is 18.9 Å². The van der Waals surface area contributed by atoms with Crippen molar-refractivity contribution in [3.05, 3.63) is 61.3 Å². The van der Waals surface area contributed by atoms with Gasteiger partial charge in [0, 0.05) is 40.5 Å². The van der Waals surface area contributed by atoms with E-state index in [1.807, 2.05) is 19.1 Å². The minimum atomic E-state index is -1.16.